The molecule has 7 heteroatoms. The lowest BCUT2D eigenvalue weighted by atomic mass is 9.99. The van der Waals surface area contributed by atoms with Gasteiger partial charge in [0.2, 0.25) is 0 Å². The summed E-state index contributed by atoms with van der Waals surface area (Å²) in [5, 5.41) is 24.5. The molecule has 2 heterocycles. The summed E-state index contributed by atoms with van der Waals surface area (Å²) in [6, 6.07) is 4.03. The van der Waals surface area contributed by atoms with E-state index in [9.17, 15) is 10.1 Å². The Balaban J connectivity index is 2.12. The third kappa shape index (κ3) is 3.28. The Morgan fingerprint density at radius 2 is 2.31 bits per heavy atom. The highest BCUT2D eigenvalue weighted by atomic mass is 32.1. The molecule has 0 amide bonds. The summed E-state index contributed by atoms with van der Waals surface area (Å²) in [4.78, 5) is 15.7. The van der Waals surface area contributed by atoms with Crippen molar-refractivity contribution in [3.63, 3.8) is 0 Å². The second-order valence-corrected chi connectivity index (χ2v) is 7.23. The third-order valence-electron chi connectivity index (χ3n) is 4.21. The molecule has 2 N–H and O–H groups in total. The van der Waals surface area contributed by atoms with Crippen LogP contribution in [0.4, 0.5) is 5.69 Å². The molecule has 1 aromatic carbocycles. The van der Waals surface area contributed by atoms with Crippen molar-refractivity contribution in [1.29, 1.82) is 5.26 Å². The van der Waals surface area contributed by atoms with Crippen LogP contribution in [0.5, 0.6) is 5.75 Å². The molecule has 0 unspecified atom stereocenters. The van der Waals surface area contributed by atoms with E-state index in [1.807, 2.05) is 11.4 Å². The minimum Gasteiger partial charge on any atom is -0.492 e. The Labute approximate surface area is 155 Å². The molecule has 0 saturated heterocycles. The molecule has 6 nitrogen and oxygen atoms in total. The first-order chi connectivity index (χ1) is 12.4. The van der Waals surface area contributed by atoms with Gasteiger partial charge >= 0.3 is 5.97 Å². The zero-order chi connectivity index (χ0) is 18.8. The number of hydrogen-bond acceptors (Lipinski definition) is 6. The number of carbonyl (C=O) groups is 1. The van der Waals surface area contributed by atoms with Crippen LogP contribution in [0.3, 0.4) is 0 Å². The fraction of sp³-hybridized carbons (Fsp3) is 0.316. The number of benzene rings is 1. The molecule has 3 rings (SSSR count). The maximum Gasteiger partial charge on any atom is 0.332 e. The lowest BCUT2D eigenvalue weighted by Gasteiger charge is -2.12. The minimum absolute atomic E-state index is 0.156. The summed E-state index contributed by atoms with van der Waals surface area (Å²) in [5.74, 6) is 0.0176. The average Bonchev–Trinajstić information content (AvgIpc) is 3.27. The lowest BCUT2D eigenvalue weighted by Crippen LogP contribution is -2.02. The van der Waals surface area contributed by atoms with E-state index in [-0.39, 0.29) is 5.57 Å². The van der Waals surface area contributed by atoms with E-state index >= 15 is 0 Å². The number of fused-ring (bicyclic) bond motifs is 1. The normalized spacial score (nSPS) is 13.3. The van der Waals surface area contributed by atoms with E-state index in [2.05, 4.69) is 25.2 Å². The fourth-order valence-electron chi connectivity index (χ4n) is 2.70. The number of nitriles is 1. The highest BCUT2D eigenvalue weighted by Crippen LogP contribution is 2.43. The quantitative estimate of drug-likeness (QED) is 0.769. The molecule has 0 radical (unpaired) electrons. The van der Waals surface area contributed by atoms with Crippen molar-refractivity contribution in [2.45, 2.75) is 33.1 Å². The molecular formula is C19H19N3O3S. The maximum absolute atomic E-state index is 11.0. The zero-order valence-corrected chi connectivity index (χ0v) is 15.6. The molecule has 0 bridgehead atoms. The van der Waals surface area contributed by atoms with Gasteiger partial charge in [-0.2, -0.15) is 5.26 Å². The summed E-state index contributed by atoms with van der Waals surface area (Å²) < 4.78 is 5.79. The second-order valence-electron chi connectivity index (χ2n) is 6.37. The van der Waals surface area contributed by atoms with Crippen LogP contribution in [0, 0.1) is 11.3 Å². The van der Waals surface area contributed by atoms with Crippen molar-refractivity contribution in [2.75, 3.05) is 11.9 Å². The van der Waals surface area contributed by atoms with Crippen LogP contribution in [0.25, 0.3) is 10.6 Å². The van der Waals surface area contributed by atoms with Crippen LogP contribution < -0.4 is 10.1 Å². The first kappa shape index (κ1) is 18.0. The number of thiazole rings is 1. The monoisotopic (exact) mass is 369 g/mol. The second kappa shape index (κ2) is 7.18. The molecule has 1 aliphatic rings. The van der Waals surface area contributed by atoms with Crippen molar-refractivity contribution < 1.29 is 14.6 Å². The number of aliphatic carboxylic acids is 1. The van der Waals surface area contributed by atoms with Gasteiger partial charge in [-0.05, 0) is 18.9 Å². The van der Waals surface area contributed by atoms with E-state index in [0.717, 1.165) is 21.8 Å². The van der Waals surface area contributed by atoms with Gasteiger partial charge in [-0.25, -0.2) is 9.78 Å². The van der Waals surface area contributed by atoms with Crippen molar-refractivity contribution in [2.24, 2.45) is 0 Å². The Bertz CT molecular complexity index is 938. The number of anilines is 1. The molecule has 26 heavy (non-hydrogen) atoms. The number of hydrogen-bond donors (Lipinski definition) is 2. The van der Waals surface area contributed by atoms with Gasteiger partial charge in [-0.1, -0.05) is 13.8 Å². The van der Waals surface area contributed by atoms with Gasteiger partial charge in [-0.3, -0.25) is 0 Å². The SMILES string of the molecule is CC(=CNc1cc(-c2nc(C(C)C)cs2)c2c(c1C#N)CCO2)C(=O)O. The number of aromatic nitrogens is 1. The zero-order valence-electron chi connectivity index (χ0n) is 14.8. The van der Waals surface area contributed by atoms with Crippen molar-refractivity contribution >= 4 is 23.0 Å². The molecule has 0 atom stereocenters. The fourth-order valence-corrected chi connectivity index (χ4v) is 3.70. The van der Waals surface area contributed by atoms with Crippen LogP contribution in [-0.2, 0) is 11.2 Å². The Hall–Kier alpha value is -2.85. The summed E-state index contributed by atoms with van der Waals surface area (Å²) in [5.41, 5.74) is 3.89. The topological polar surface area (TPSA) is 95.2 Å². The van der Waals surface area contributed by atoms with E-state index in [1.165, 1.54) is 24.5 Å². The molecule has 2 aromatic rings. The van der Waals surface area contributed by atoms with Gasteiger partial charge < -0.3 is 15.2 Å². The number of carboxylic acids is 1. The van der Waals surface area contributed by atoms with Crippen molar-refractivity contribution in [3.05, 3.63) is 40.0 Å². The first-order valence-electron chi connectivity index (χ1n) is 8.27. The van der Waals surface area contributed by atoms with E-state index < -0.39 is 5.97 Å². The summed E-state index contributed by atoms with van der Waals surface area (Å²) >= 11 is 1.54. The molecule has 0 fully saturated rings. The van der Waals surface area contributed by atoms with E-state index in [4.69, 9.17) is 14.8 Å². The van der Waals surface area contributed by atoms with Crippen LogP contribution in [0.1, 0.15) is 43.5 Å². The minimum atomic E-state index is -1.01. The van der Waals surface area contributed by atoms with Gasteiger partial charge in [-0.15, -0.1) is 11.3 Å². The highest BCUT2D eigenvalue weighted by Gasteiger charge is 2.25. The predicted octanol–water partition coefficient (Wildman–Crippen LogP) is 4.14. The third-order valence-corrected chi connectivity index (χ3v) is 5.11. The smallest absolute Gasteiger partial charge is 0.332 e. The Morgan fingerprint density at radius 3 is 2.92 bits per heavy atom. The van der Waals surface area contributed by atoms with Crippen LogP contribution in [0.15, 0.2) is 23.2 Å². The Kier molecular flexibility index (Phi) is 4.96. The molecule has 1 aliphatic heterocycles. The highest BCUT2D eigenvalue weighted by molar-refractivity contribution is 7.13. The molecule has 0 spiro atoms. The maximum atomic E-state index is 11.0. The van der Waals surface area contributed by atoms with Crippen LogP contribution >= 0.6 is 11.3 Å². The standard InChI is InChI=1S/C19H19N3O3S/c1-10(2)16-9-26-18(22-16)13-6-15(21-8-11(3)19(23)24)14(7-20)12-4-5-25-17(12)13/h6,8-10,21H,4-5H2,1-3H3,(H,23,24). The predicted molar refractivity (Wildman–Crippen MR) is 101 cm³/mol. The van der Waals surface area contributed by atoms with Gasteiger partial charge in [0.25, 0.3) is 0 Å². The number of rotatable bonds is 5. The molecule has 1 aromatic heterocycles. The number of nitrogens with one attached hydrogen (secondary N) is 1. The number of ether oxygens (including phenoxy) is 1. The summed E-state index contributed by atoms with van der Waals surface area (Å²) in [6.45, 7) is 6.19. The first-order valence-corrected chi connectivity index (χ1v) is 9.15. The Morgan fingerprint density at radius 1 is 1.54 bits per heavy atom. The molecule has 0 saturated carbocycles. The van der Waals surface area contributed by atoms with Gasteiger partial charge in [0.15, 0.2) is 0 Å². The van der Waals surface area contributed by atoms with Crippen LogP contribution in [0.2, 0.25) is 0 Å². The van der Waals surface area contributed by atoms with Crippen molar-refractivity contribution in [1.82, 2.24) is 4.98 Å². The number of carboxylic acid groups (broad SMARTS) is 1. The molecule has 0 aliphatic carbocycles. The average molecular weight is 369 g/mol. The van der Waals surface area contributed by atoms with Crippen LogP contribution in [-0.4, -0.2) is 22.7 Å². The van der Waals surface area contributed by atoms with E-state index in [0.29, 0.717) is 35.9 Å². The summed E-state index contributed by atoms with van der Waals surface area (Å²) in [6.07, 6.45) is 2.04. The van der Waals surface area contributed by atoms with E-state index in [1.54, 1.807) is 0 Å². The van der Waals surface area contributed by atoms with Gasteiger partial charge in [0.05, 0.1) is 29.1 Å². The lowest BCUT2D eigenvalue weighted by molar-refractivity contribution is -0.132. The number of nitrogens with zero attached hydrogens (tertiary/aromatic N) is 2. The molecular weight excluding hydrogens is 350 g/mol. The summed E-state index contributed by atoms with van der Waals surface area (Å²) in [7, 11) is 0. The molecule has 134 valence electrons. The van der Waals surface area contributed by atoms with Gasteiger partial charge in [0, 0.05) is 29.1 Å². The largest absolute Gasteiger partial charge is 0.492 e. The van der Waals surface area contributed by atoms with Crippen molar-refractivity contribution in [3.8, 4) is 22.4 Å². The van der Waals surface area contributed by atoms with Gasteiger partial charge in [0.1, 0.15) is 16.8 Å².